The van der Waals surface area contributed by atoms with Gasteiger partial charge in [-0.05, 0) is 36.4 Å². The van der Waals surface area contributed by atoms with Crippen LogP contribution in [0.5, 0.6) is 0 Å². The third kappa shape index (κ3) is 2.91. The number of hydrogen-bond donors (Lipinski definition) is 2. The standard InChI is InChI=1S/C15H22N2O/c1-3-12-6-4-5-7-13(12)10-17-15(18)14-11(2)8-9-16-14/h4-7,11,14,16H,3,8-10H2,1-2H3,(H,17,18). The molecule has 1 aromatic carbocycles. The van der Waals surface area contributed by atoms with Crippen LogP contribution in [0.2, 0.25) is 0 Å². The number of aryl methyl sites for hydroxylation is 1. The molecule has 0 saturated carbocycles. The van der Waals surface area contributed by atoms with Crippen LogP contribution in [-0.4, -0.2) is 18.5 Å². The van der Waals surface area contributed by atoms with Crippen LogP contribution in [0.25, 0.3) is 0 Å². The second kappa shape index (κ2) is 6.01. The molecule has 0 bridgehead atoms. The molecular weight excluding hydrogens is 224 g/mol. The molecular formula is C15H22N2O. The van der Waals surface area contributed by atoms with Crippen molar-refractivity contribution in [2.75, 3.05) is 6.54 Å². The topological polar surface area (TPSA) is 41.1 Å². The van der Waals surface area contributed by atoms with E-state index in [1.807, 2.05) is 12.1 Å². The molecule has 1 fully saturated rings. The van der Waals surface area contributed by atoms with Crippen molar-refractivity contribution in [2.24, 2.45) is 5.92 Å². The van der Waals surface area contributed by atoms with Crippen molar-refractivity contribution in [1.82, 2.24) is 10.6 Å². The zero-order chi connectivity index (χ0) is 13.0. The van der Waals surface area contributed by atoms with E-state index in [-0.39, 0.29) is 11.9 Å². The van der Waals surface area contributed by atoms with Crippen LogP contribution in [0.4, 0.5) is 0 Å². The highest BCUT2D eigenvalue weighted by molar-refractivity contribution is 5.82. The van der Waals surface area contributed by atoms with Gasteiger partial charge in [-0.1, -0.05) is 38.1 Å². The van der Waals surface area contributed by atoms with Crippen LogP contribution in [0, 0.1) is 5.92 Å². The molecule has 1 amide bonds. The highest BCUT2D eigenvalue weighted by atomic mass is 16.2. The molecule has 18 heavy (non-hydrogen) atoms. The minimum Gasteiger partial charge on any atom is -0.351 e. The van der Waals surface area contributed by atoms with Crippen molar-refractivity contribution < 1.29 is 4.79 Å². The van der Waals surface area contributed by atoms with Crippen molar-refractivity contribution in [3.63, 3.8) is 0 Å². The zero-order valence-corrected chi connectivity index (χ0v) is 11.2. The van der Waals surface area contributed by atoms with Gasteiger partial charge in [-0.25, -0.2) is 0 Å². The lowest BCUT2D eigenvalue weighted by Gasteiger charge is -2.16. The average molecular weight is 246 g/mol. The lowest BCUT2D eigenvalue weighted by molar-refractivity contribution is -0.123. The van der Waals surface area contributed by atoms with Gasteiger partial charge in [-0.3, -0.25) is 4.79 Å². The minimum atomic E-state index is -0.0150. The van der Waals surface area contributed by atoms with Crippen LogP contribution in [0.3, 0.4) is 0 Å². The number of carbonyl (C=O) groups is 1. The third-order valence-corrected chi connectivity index (χ3v) is 3.77. The molecule has 1 aliphatic heterocycles. The highest BCUT2D eigenvalue weighted by Crippen LogP contribution is 2.15. The van der Waals surface area contributed by atoms with Crippen molar-refractivity contribution in [1.29, 1.82) is 0 Å². The van der Waals surface area contributed by atoms with E-state index in [9.17, 15) is 4.79 Å². The monoisotopic (exact) mass is 246 g/mol. The lowest BCUT2D eigenvalue weighted by Crippen LogP contribution is -2.43. The molecule has 3 nitrogen and oxygen atoms in total. The first-order valence-corrected chi connectivity index (χ1v) is 6.80. The molecule has 98 valence electrons. The van der Waals surface area contributed by atoms with E-state index in [0.717, 1.165) is 19.4 Å². The number of benzene rings is 1. The molecule has 2 rings (SSSR count). The molecule has 0 aromatic heterocycles. The van der Waals surface area contributed by atoms with E-state index >= 15 is 0 Å². The quantitative estimate of drug-likeness (QED) is 0.851. The van der Waals surface area contributed by atoms with Gasteiger partial charge in [-0.2, -0.15) is 0 Å². The molecule has 0 spiro atoms. The maximum absolute atomic E-state index is 12.1. The van der Waals surface area contributed by atoms with E-state index in [0.29, 0.717) is 12.5 Å². The average Bonchev–Trinajstić information content (AvgIpc) is 2.82. The largest absolute Gasteiger partial charge is 0.351 e. The second-order valence-electron chi connectivity index (χ2n) is 5.04. The van der Waals surface area contributed by atoms with E-state index in [2.05, 4.69) is 36.6 Å². The minimum absolute atomic E-state index is 0.0150. The van der Waals surface area contributed by atoms with Gasteiger partial charge in [0.1, 0.15) is 0 Å². The van der Waals surface area contributed by atoms with Gasteiger partial charge < -0.3 is 10.6 Å². The molecule has 1 aliphatic rings. The number of amides is 1. The maximum Gasteiger partial charge on any atom is 0.237 e. The molecule has 1 saturated heterocycles. The fraction of sp³-hybridized carbons (Fsp3) is 0.533. The summed E-state index contributed by atoms with van der Waals surface area (Å²) in [6, 6.07) is 8.27. The van der Waals surface area contributed by atoms with Gasteiger partial charge >= 0.3 is 0 Å². The van der Waals surface area contributed by atoms with Gasteiger partial charge in [0, 0.05) is 6.54 Å². The number of nitrogens with one attached hydrogen (secondary N) is 2. The van der Waals surface area contributed by atoms with Gasteiger partial charge in [0.2, 0.25) is 5.91 Å². The Balaban J connectivity index is 1.93. The molecule has 2 atom stereocenters. The number of rotatable bonds is 4. The fourth-order valence-corrected chi connectivity index (χ4v) is 2.55. The zero-order valence-electron chi connectivity index (χ0n) is 11.2. The van der Waals surface area contributed by atoms with Crippen LogP contribution in [0.1, 0.15) is 31.4 Å². The maximum atomic E-state index is 12.1. The van der Waals surface area contributed by atoms with Crippen LogP contribution < -0.4 is 10.6 Å². The van der Waals surface area contributed by atoms with Crippen molar-refractivity contribution >= 4 is 5.91 Å². The van der Waals surface area contributed by atoms with Crippen molar-refractivity contribution in [3.05, 3.63) is 35.4 Å². The summed E-state index contributed by atoms with van der Waals surface area (Å²) in [5.74, 6) is 0.567. The summed E-state index contributed by atoms with van der Waals surface area (Å²) >= 11 is 0. The Morgan fingerprint density at radius 1 is 1.39 bits per heavy atom. The van der Waals surface area contributed by atoms with Crippen LogP contribution in [-0.2, 0) is 17.8 Å². The van der Waals surface area contributed by atoms with Crippen molar-refractivity contribution in [2.45, 2.75) is 39.3 Å². The Labute approximate surface area is 109 Å². The van der Waals surface area contributed by atoms with Gasteiger partial charge in [0.25, 0.3) is 0 Å². The van der Waals surface area contributed by atoms with Gasteiger partial charge in [0.15, 0.2) is 0 Å². The summed E-state index contributed by atoms with van der Waals surface area (Å²) in [6.07, 6.45) is 2.09. The molecule has 0 aliphatic carbocycles. The van der Waals surface area contributed by atoms with Crippen molar-refractivity contribution in [3.8, 4) is 0 Å². The molecule has 3 heteroatoms. The molecule has 1 aromatic rings. The second-order valence-corrected chi connectivity index (χ2v) is 5.04. The number of carbonyl (C=O) groups excluding carboxylic acids is 1. The first-order valence-electron chi connectivity index (χ1n) is 6.80. The summed E-state index contributed by atoms with van der Waals surface area (Å²) in [6.45, 7) is 5.85. The molecule has 1 heterocycles. The van der Waals surface area contributed by atoms with Crippen LogP contribution in [0.15, 0.2) is 24.3 Å². The Morgan fingerprint density at radius 2 is 2.11 bits per heavy atom. The Hall–Kier alpha value is -1.35. The van der Waals surface area contributed by atoms with Crippen LogP contribution >= 0.6 is 0 Å². The normalized spacial score (nSPS) is 23.0. The van der Waals surface area contributed by atoms with Gasteiger partial charge in [-0.15, -0.1) is 0 Å². The Bertz CT molecular complexity index is 417. The first kappa shape index (κ1) is 13.1. The SMILES string of the molecule is CCc1ccccc1CNC(=O)C1NCCC1C. The summed E-state index contributed by atoms with van der Waals surface area (Å²) in [4.78, 5) is 12.1. The van der Waals surface area contributed by atoms with E-state index in [1.54, 1.807) is 0 Å². The van der Waals surface area contributed by atoms with E-state index in [4.69, 9.17) is 0 Å². The Kier molecular flexibility index (Phi) is 4.37. The lowest BCUT2D eigenvalue weighted by atomic mass is 10.0. The predicted octanol–water partition coefficient (Wildman–Crippen LogP) is 1.86. The summed E-state index contributed by atoms with van der Waals surface area (Å²) in [5, 5.41) is 6.30. The molecule has 0 radical (unpaired) electrons. The third-order valence-electron chi connectivity index (χ3n) is 3.77. The molecule has 2 N–H and O–H groups in total. The van der Waals surface area contributed by atoms with E-state index in [1.165, 1.54) is 11.1 Å². The smallest absolute Gasteiger partial charge is 0.237 e. The fourth-order valence-electron chi connectivity index (χ4n) is 2.55. The highest BCUT2D eigenvalue weighted by Gasteiger charge is 2.28. The summed E-state index contributed by atoms with van der Waals surface area (Å²) in [5.41, 5.74) is 2.53. The Morgan fingerprint density at radius 3 is 2.72 bits per heavy atom. The molecule has 2 unspecified atom stereocenters. The number of hydrogen-bond acceptors (Lipinski definition) is 2. The first-order chi connectivity index (χ1) is 8.72. The predicted molar refractivity (Wildman–Crippen MR) is 73.2 cm³/mol. The summed E-state index contributed by atoms with van der Waals surface area (Å²) < 4.78 is 0. The summed E-state index contributed by atoms with van der Waals surface area (Å²) in [7, 11) is 0. The van der Waals surface area contributed by atoms with Gasteiger partial charge in [0.05, 0.1) is 6.04 Å². The van der Waals surface area contributed by atoms with E-state index < -0.39 is 0 Å².